The fourth-order valence-electron chi connectivity index (χ4n) is 0. The van der Waals surface area contributed by atoms with Gasteiger partial charge in [0.05, 0.1) is 0 Å². The van der Waals surface area contributed by atoms with E-state index in [1.54, 1.807) is 0 Å². The third-order valence-electron chi connectivity index (χ3n) is 0. The van der Waals surface area contributed by atoms with Crippen molar-refractivity contribution in [2.45, 2.75) is 0 Å². The van der Waals surface area contributed by atoms with Crippen LogP contribution >= 0.6 is 24.8 Å². The summed E-state index contributed by atoms with van der Waals surface area (Å²) in [5.74, 6) is 0. The summed E-state index contributed by atoms with van der Waals surface area (Å²) in [5.41, 5.74) is 0. The molecule has 0 bridgehead atoms. The van der Waals surface area contributed by atoms with Crippen molar-refractivity contribution < 1.29 is 81.3 Å². The van der Waals surface area contributed by atoms with E-state index in [1.807, 2.05) is 0 Å². The normalized spacial score (nSPS) is 0. The fraction of sp³-hybridized carbons (Fsp3) is 0. The van der Waals surface area contributed by atoms with Crippen molar-refractivity contribution in [3.63, 3.8) is 0 Å². The Morgan fingerprint density at radius 1 is 0.500 bits per heavy atom. The molecule has 8 heteroatoms. The molecule has 1 nitrogen and oxygen atoms in total. The Balaban J connectivity index is 0. The molecule has 0 aromatic rings. The van der Waals surface area contributed by atoms with Gasteiger partial charge in [0, 0.05) is 0 Å². The van der Waals surface area contributed by atoms with Crippen LogP contribution in [0.15, 0.2) is 0 Å². The van der Waals surface area contributed by atoms with Crippen LogP contribution in [0, 0.1) is 0 Å². The summed E-state index contributed by atoms with van der Waals surface area (Å²) < 4.78 is 0. The molecule has 8 heavy (non-hydrogen) atoms. The maximum atomic E-state index is 0. The average molecular weight is 324 g/mol. The second-order valence-corrected chi connectivity index (χ2v) is 0. The number of halogens is 6. The van der Waals surface area contributed by atoms with E-state index >= 15 is 0 Å². The number of rotatable bonds is 0. The number of hydrogen-bond acceptors (Lipinski definition) is 0. The topological polar surface area (TPSA) is 31.5 Å². The van der Waals surface area contributed by atoms with E-state index < -0.39 is 0 Å². The van der Waals surface area contributed by atoms with Crippen molar-refractivity contribution >= 4 is 24.8 Å². The Labute approximate surface area is 105 Å². The van der Waals surface area contributed by atoms with E-state index in [0.717, 1.165) is 0 Å². The van der Waals surface area contributed by atoms with Gasteiger partial charge in [-0.1, -0.05) is 0 Å². The van der Waals surface area contributed by atoms with Gasteiger partial charge in [-0.05, 0) is 0 Å². The van der Waals surface area contributed by atoms with Crippen molar-refractivity contribution in [2.75, 3.05) is 0 Å². The SMILES string of the molecule is Cl.Cl.O.[Cl-].[Cl-].[Cl-].[Cl-].[Zr+4]. The number of hydrogen-bond donors (Lipinski definition) is 0. The maximum absolute atomic E-state index is 0. The molecule has 2 N–H and O–H groups in total. The van der Waals surface area contributed by atoms with Crippen LogP contribution in [0.1, 0.15) is 0 Å². The molecule has 0 fully saturated rings. The van der Waals surface area contributed by atoms with Crippen LogP contribution in [-0.2, 0) is 26.2 Å². The van der Waals surface area contributed by atoms with Crippen LogP contribution in [0.25, 0.3) is 0 Å². The summed E-state index contributed by atoms with van der Waals surface area (Å²) in [7, 11) is 0. The predicted molar refractivity (Wildman–Crippen MR) is 18.1 cm³/mol. The first-order valence-electron chi connectivity index (χ1n) is 0. The minimum Gasteiger partial charge on any atom is -1.00 e. The maximum Gasteiger partial charge on any atom is 4.00 e. The van der Waals surface area contributed by atoms with Crippen molar-refractivity contribution in [1.29, 1.82) is 0 Å². The van der Waals surface area contributed by atoms with Crippen LogP contribution < -0.4 is 49.6 Å². The van der Waals surface area contributed by atoms with Gasteiger partial charge in [0.1, 0.15) is 0 Å². The van der Waals surface area contributed by atoms with Crippen molar-refractivity contribution in [1.82, 2.24) is 0 Å². The third-order valence-corrected chi connectivity index (χ3v) is 0. The van der Waals surface area contributed by atoms with E-state index in [-0.39, 0.29) is 106 Å². The van der Waals surface area contributed by atoms with Gasteiger partial charge < -0.3 is 55.1 Å². The molecule has 0 saturated heterocycles. The molecule has 0 aromatic carbocycles. The summed E-state index contributed by atoms with van der Waals surface area (Å²) in [4.78, 5) is 0. The molecule has 0 unspecified atom stereocenters. The second-order valence-electron chi connectivity index (χ2n) is 0. The van der Waals surface area contributed by atoms with Gasteiger partial charge in [0.15, 0.2) is 0 Å². The van der Waals surface area contributed by atoms with E-state index in [9.17, 15) is 0 Å². The molecule has 0 aliphatic heterocycles. The molecule has 0 aromatic heterocycles. The van der Waals surface area contributed by atoms with Gasteiger partial charge >= 0.3 is 26.2 Å². The fourth-order valence-corrected chi connectivity index (χ4v) is 0. The van der Waals surface area contributed by atoms with Gasteiger partial charge in [0.25, 0.3) is 0 Å². The van der Waals surface area contributed by atoms with Gasteiger partial charge in [-0.2, -0.15) is 0 Å². The summed E-state index contributed by atoms with van der Waals surface area (Å²) >= 11 is 0. The molecule has 0 amide bonds. The molecule has 0 atom stereocenters. The van der Waals surface area contributed by atoms with Gasteiger partial charge in [-0.3, -0.25) is 0 Å². The van der Waals surface area contributed by atoms with Crippen LogP contribution in [0.2, 0.25) is 0 Å². The molecule has 0 saturated carbocycles. The summed E-state index contributed by atoms with van der Waals surface area (Å²) in [5, 5.41) is 0. The molecule has 0 rings (SSSR count). The van der Waals surface area contributed by atoms with Crippen LogP contribution in [0.5, 0.6) is 0 Å². The first kappa shape index (κ1) is 146. The van der Waals surface area contributed by atoms with Crippen molar-refractivity contribution in [3.8, 4) is 0 Å². The molecule has 0 spiro atoms. The summed E-state index contributed by atoms with van der Waals surface area (Å²) in [6.07, 6.45) is 0. The van der Waals surface area contributed by atoms with E-state index in [2.05, 4.69) is 0 Å². The van der Waals surface area contributed by atoms with Gasteiger partial charge in [-0.25, -0.2) is 0 Å². The minimum absolute atomic E-state index is 0. The standard InChI is InChI=1S/6ClH.H2O.Zr/h6*1H;1H2;/q;;;;;;;+4/p-4. The Hall–Kier alpha value is 2.58. The van der Waals surface area contributed by atoms with E-state index in [4.69, 9.17) is 0 Å². The van der Waals surface area contributed by atoms with E-state index in [1.165, 1.54) is 0 Å². The Kier molecular flexibility index (Phi) is 1930. The molecule has 0 heterocycles. The summed E-state index contributed by atoms with van der Waals surface area (Å²) in [6.45, 7) is 0. The van der Waals surface area contributed by atoms with Gasteiger partial charge in [0.2, 0.25) is 0 Å². The predicted octanol–water partition coefficient (Wildman–Crippen LogP) is -12.0. The first-order chi connectivity index (χ1) is 0. The Bertz CT molecular complexity index is 8.49. The second kappa shape index (κ2) is 106. The molecular formula is H4Cl6OZr. The van der Waals surface area contributed by atoms with Gasteiger partial charge in [-0.15, -0.1) is 24.8 Å². The monoisotopic (exact) mass is 320 g/mol. The Morgan fingerprint density at radius 2 is 0.500 bits per heavy atom. The zero-order valence-electron chi connectivity index (χ0n) is 3.33. The van der Waals surface area contributed by atoms with Crippen molar-refractivity contribution in [2.24, 2.45) is 0 Å². The average Bonchev–Trinajstić information content (AvgIpc) is 0. The zero-order chi connectivity index (χ0) is 0. The quantitative estimate of drug-likeness (QED) is 0.424. The smallest absolute Gasteiger partial charge is 1.00 e. The van der Waals surface area contributed by atoms with Crippen LogP contribution in [0.3, 0.4) is 0 Å². The molecule has 0 radical (unpaired) electrons. The van der Waals surface area contributed by atoms with Crippen molar-refractivity contribution in [3.05, 3.63) is 0 Å². The third kappa shape index (κ3) is 74.0. The molecule has 56 valence electrons. The first-order valence-corrected chi connectivity index (χ1v) is 0. The zero-order valence-corrected chi connectivity index (χ0v) is 10.4. The van der Waals surface area contributed by atoms with Crippen LogP contribution in [-0.4, -0.2) is 5.48 Å². The Morgan fingerprint density at radius 3 is 0.500 bits per heavy atom. The minimum atomic E-state index is 0. The largest absolute Gasteiger partial charge is 4.00 e. The summed E-state index contributed by atoms with van der Waals surface area (Å²) in [6, 6.07) is 0. The molecule has 0 aliphatic carbocycles. The molecule has 0 aliphatic rings. The molecular weight excluding hydrogens is 320 g/mol. The van der Waals surface area contributed by atoms with E-state index in [0.29, 0.717) is 0 Å². The van der Waals surface area contributed by atoms with Crippen LogP contribution in [0.4, 0.5) is 0 Å².